The first-order valence-corrected chi connectivity index (χ1v) is 7.18. The number of benzene rings is 1. The van der Waals surface area contributed by atoms with Gasteiger partial charge in [0.15, 0.2) is 0 Å². The normalized spacial score (nSPS) is 21.1. The highest BCUT2D eigenvalue weighted by Gasteiger charge is 2.34. The predicted molar refractivity (Wildman–Crippen MR) is 77.5 cm³/mol. The van der Waals surface area contributed by atoms with Crippen molar-refractivity contribution in [3.05, 3.63) is 59.4 Å². The summed E-state index contributed by atoms with van der Waals surface area (Å²) in [5, 5.41) is 0. The van der Waals surface area contributed by atoms with Crippen LogP contribution in [0.2, 0.25) is 0 Å². The fraction of sp³-hybridized carbons (Fsp3) is 0.353. The van der Waals surface area contributed by atoms with Gasteiger partial charge in [-0.1, -0.05) is 49.8 Å². The Kier molecular flexibility index (Phi) is 3.59. The zero-order valence-corrected chi connectivity index (χ0v) is 11.7. The Morgan fingerprint density at radius 2 is 2.10 bits per heavy atom. The number of hydrogen-bond donors (Lipinski definition) is 0. The van der Waals surface area contributed by atoms with E-state index in [1.54, 1.807) is 0 Å². The molecular formula is C17H19NO2. The molecule has 0 aliphatic carbocycles. The molecule has 3 rings (SSSR count). The number of rotatable bonds is 4. The van der Waals surface area contributed by atoms with E-state index in [0.29, 0.717) is 6.61 Å². The lowest BCUT2D eigenvalue weighted by atomic mass is 9.91. The van der Waals surface area contributed by atoms with Crippen molar-refractivity contribution in [3.8, 4) is 0 Å². The van der Waals surface area contributed by atoms with Crippen molar-refractivity contribution < 1.29 is 9.53 Å². The zero-order chi connectivity index (χ0) is 13.9. The van der Waals surface area contributed by atoms with Gasteiger partial charge in [-0.05, 0) is 12.0 Å². The van der Waals surface area contributed by atoms with E-state index in [0.717, 1.165) is 30.7 Å². The second-order valence-electron chi connectivity index (χ2n) is 5.29. The first kappa shape index (κ1) is 13.0. The summed E-state index contributed by atoms with van der Waals surface area (Å²) in [6.07, 6.45) is 6.31. The summed E-state index contributed by atoms with van der Waals surface area (Å²) in [6.45, 7) is 3.34. The molecule has 3 heteroatoms. The summed E-state index contributed by atoms with van der Waals surface area (Å²) in [5.74, 6) is 0.0814. The molecule has 0 radical (unpaired) electrons. The van der Waals surface area contributed by atoms with E-state index >= 15 is 0 Å². The quantitative estimate of drug-likeness (QED) is 0.786. The fourth-order valence-corrected chi connectivity index (χ4v) is 2.88. The van der Waals surface area contributed by atoms with Crippen molar-refractivity contribution in [1.82, 2.24) is 4.90 Å². The number of allylic oxidation sites excluding steroid dienone is 1. The fourth-order valence-electron chi connectivity index (χ4n) is 2.88. The van der Waals surface area contributed by atoms with Crippen LogP contribution in [0.15, 0.2) is 53.9 Å². The first-order chi connectivity index (χ1) is 9.79. The third-order valence-electron chi connectivity index (χ3n) is 3.88. The Labute approximate surface area is 119 Å². The maximum absolute atomic E-state index is 12.0. The summed E-state index contributed by atoms with van der Waals surface area (Å²) >= 11 is 0. The van der Waals surface area contributed by atoms with E-state index < -0.39 is 0 Å². The third-order valence-corrected chi connectivity index (χ3v) is 3.88. The molecule has 1 unspecified atom stereocenters. The zero-order valence-electron chi connectivity index (χ0n) is 11.7. The maximum atomic E-state index is 12.0. The summed E-state index contributed by atoms with van der Waals surface area (Å²) in [5.41, 5.74) is 3.14. The Balaban J connectivity index is 1.85. The van der Waals surface area contributed by atoms with Crippen molar-refractivity contribution in [2.24, 2.45) is 5.92 Å². The molecule has 2 heterocycles. The van der Waals surface area contributed by atoms with E-state index in [4.69, 9.17) is 4.74 Å². The first-order valence-electron chi connectivity index (χ1n) is 7.18. The summed E-state index contributed by atoms with van der Waals surface area (Å²) in [4.78, 5) is 14.1. The van der Waals surface area contributed by atoms with Crippen LogP contribution in [0, 0.1) is 5.92 Å². The Hall–Kier alpha value is -2.03. The lowest BCUT2D eigenvalue weighted by Gasteiger charge is -2.28. The summed E-state index contributed by atoms with van der Waals surface area (Å²) in [6, 6.07) is 10.3. The number of esters is 1. The predicted octanol–water partition coefficient (Wildman–Crippen LogP) is 3.24. The van der Waals surface area contributed by atoms with Crippen molar-refractivity contribution >= 4 is 5.97 Å². The van der Waals surface area contributed by atoms with Crippen LogP contribution >= 0.6 is 0 Å². The van der Waals surface area contributed by atoms with Crippen LogP contribution in [0.5, 0.6) is 0 Å². The average molecular weight is 269 g/mol. The Bertz CT molecular complexity index is 560. The highest BCUT2D eigenvalue weighted by molar-refractivity contribution is 5.93. The summed E-state index contributed by atoms with van der Waals surface area (Å²) < 4.78 is 5.25. The molecule has 0 bridgehead atoms. The van der Waals surface area contributed by atoms with E-state index in [1.165, 1.54) is 5.56 Å². The molecule has 0 aromatic heterocycles. The van der Waals surface area contributed by atoms with Gasteiger partial charge in [0.25, 0.3) is 0 Å². The van der Waals surface area contributed by atoms with E-state index in [9.17, 15) is 4.79 Å². The molecule has 0 spiro atoms. The van der Waals surface area contributed by atoms with Crippen molar-refractivity contribution in [2.75, 3.05) is 6.61 Å². The van der Waals surface area contributed by atoms with E-state index in [2.05, 4.69) is 36.2 Å². The highest BCUT2D eigenvalue weighted by Crippen LogP contribution is 2.34. The molecule has 0 amide bonds. The number of hydrogen-bond acceptors (Lipinski definition) is 3. The van der Waals surface area contributed by atoms with Gasteiger partial charge in [0.1, 0.15) is 6.61 Å². The molecule has 104 valence electrons. The lowest BCUT2D eigenvalue weighted by Crippen LogP contribution is -2.24. The van der Waals surface area contributed by atoms with Gasteiger partial charge in [0.2, 0.25) is 0 Å². The van der Waals surface area contributed by atoms with E-state index in [-0.39, 0.29) is 11.9 Å². The minimum absolute atomic E-state index is 0.138. The van der Waals surface area contributed by atoms with Gasteiger partial charge >= 0.3 is 5.97 Å². The summed E-state index contributed by atoms with van der Waals surface area (Å²) in [7, 11) is 0. The molecule has 20 heavy (non-hydrogen) atoms. The van der Waals surface area contributed by atoms with Crippen LogP contribution in [-0.2, 0) is 16.1 Å². The van der Waals surface area contributed by atoms with Gasteiger partial charge < -0.3 is 9.64 Å². The second kappa shape index (κ2) is 5.53. The van der Waals surface area contributed by atoms with Crippen LogP contribution in [-0.4, -0.2) is 17.5 Å². The van der Waals surface area contributed by atoms with Gasteiger partial charge in [0.05, 0.1) is 11.3 Å². The monoisotopic (exact) mass is 269 g/mol. The number of cyclic esters (lactones) is 1. The van der Waals surface area contributed by atoms with Gasteiger partial charge in [0, 0.05) is 18.7 Å². The SMILES string of the molecule is CCCC1C=CN(Cc2ccccc2)C2=C1C(=O)OC2. The van der Waals surface area contributed by atoms with Gasteiger partial charge in [-0.15, -0.1) is 0 Å². The Morgan fingerprint density at radius 3 is 2.85 bits per heavy atom. The average Bonchev–Trinajstić information content (AvgIpc) is 2.86. The molecule has 1 atom stereocenters. The van der Waals surface area contributed by atoms with Crippen LogP contribution < -0.4 is 0 Å². The number of nitrogens with zero attached hydrogens (tertiary/aromatic N) is 1. The standard InChI is InChI=1S/C17H19NO2/c1-2-6-14-9-10-18(11-13-7-4-3-5-8-13)15-12-20-17(19)16(14)15/h3-5,7-10,14H,2,6,11-12H2,1H3. The molecule has 0 fully saturated rings. The molecule has 0 N–H and O–H groups in total. The number of carbonyl (C=O) groups excluding carboxylic acids is 1. The van der Waals surface area contributed by atoms with Crippen LogP contribution in [0.1, 0.15) is 25.3 Å². The van der Waals surface area contributed by atoms with Crippen LogP contribution in [0.4, 0.5) is 0 Å². The van der Waals surface area contributed by atoms with Gasteiger partial charge in [-0.3, -0.25) is 0 Å². The van der Waals surface area contributed by atoms with Crippen molar-refractivity contribution in [2.45, 2.75) is 26.3 Å². The molecular weight excluding hydrogens is 250 g/mol. The van der Waals surface area contributed by atoms with Crippen molar-refractivity contribution in [3.63, 3.8) is 0 Å². The smallest absolute Gasteiger partial charge is 0.336 e. The minimum atomic E-state index is -0.138. The van der Waals surface area contributed by atoms with Crippen LogP contribution in [0.3, 0.4) is 0 Å². The topological polar surface area (TPSA) is 29.5 Å². The Morgan fingerprint density at radius 1 is 1.30 bits per heavy atom. The highest BCUT2D eigenvalue weighted by atomic mass is 16.5. The van der Waals surface area contributed by atoms with Crippen molar-refractivity contribution in [1.29, 1.82) is 0 Å². The molecule has 2 aliphatic heterocycles. The lowest BCUT2D eigenvalue weighted by molar-refractivity contribution is -0.136. The maximum Gasteiger partial charge on any atom is 0.336 e. The second-order valence-corrected chi connectivity index (χ2v) is 5.29. The van der Waals surface area contributed by atoms with Gasteiger partial charge in [-0.2, -0.15) is 0 Å². The van der Waals surface area contributed by atoms with Gasteiger partial charge in [-0.25, -0.2) is 4.79 Å². The third kappa shape index (κ3) is 2.36. The largest absolute Gasteiger partial charge is 0.456 e. The molecule has 0 saturated carbocycles. The minimum Gasteiger partial charge on any atom is -0.456 e. The molecule has 3 nitrogen and oxygen atoms in total. The van der Waals surface area contributed by atoms with E-state index in [1.807, 2.05) is 18.2 Å². The van der Waals surface area contributed by atoms with Crippen LogP contribution in [0.25, 0.3) is 0 Å². The molecule has 2 aliphatic rings. The molecule has 1 aromatic carbocycles. The molecule has 0 saturated heterocycles. The molecule has 1 aromatic rings. The number of ether oxygens (including phenoxy) is 1. The number of carbonyl (C=O) groups is 1.